The molecule has 0 bridgehead atoms. The number of imidazole rings is 1. The van der Waals surface area contributed by atoms with Crippen LogP contribution in [0.5, 0.6) is 0 Å². The lowest BCUT2D eigenvalue weighted by Crippen LogP contribution is -2.32. The Morgan fingerprint density at radius 1 is 0.750 bits per heavy atom. The molecule has 4 rings (SSSR count). The van der Waals surface area contributed by atoms with E-state index in [9.17, 15) is 10.2 Å². The molecule has 2 aromatic carbocycles. The first-order valence-corrected chi connectivity index (χ1v) is 9.08. The molecule has 0 aliphatic carbocycles. The number of nitrogens with zero attached hydrogens (tertiary/aromatic N) is 3. The highest BCUT2D eigenvalue weighted by Crippen LogP contribution is 2.33. The summed E-state index contributed by atoms with van der Waals surface area (Å²) < 4.78 is 1.86. The monoisotopic (exact) mass is 371 g/mol. The van der Waals surface area contributed by atoms with Crippen molar-refractivity contribution in [2.45, 2.75) is 18.8 Å². The van der Waals surface area contributed by atoms with Gasteiger partial charge in [0.05, 0.1) is 19.5 Å². The van der Waals surface area contributed by atoms with Crippen LogP contribution in [0.3, 0.4) is 0 Å². The van der Waals surface area contributed by atoms with Gasteiger partial charge in [-0.2, -0.15) is 0 Å². The number of hydrogen-bond donors (Lipinski definition) is 2. The van der Waals surface area contributed by atoms with E-state index in [4.69, 9.17) is 0 Å². The molecule has 1 unspecified atom stereocenters. The minimum atomic E-state index is -1.23. The molecule has 2 aromatic heterocycles. The zero-order valence-electron chi connectivity index (χ0n) is 15.3. The molecule has 0 spiro atoms. The minimum absolute atomic E-state index is 0.0269. The molecule has 0 amide bonds. The number of hydrogen-bond acceptors (Lipinski definition) is 4. The molecular formula is C23H21N3O2. The summed E-state index contributed by atoms with van der Waals surface area (Å²) >= 11 is 0. The van der Waals surface area contributed by atoms with Crippen molar-refractivity contribution in [2.24, 2.45) is 0 Å². The molecule has 0 saturated heterocycles. The lowest BCUT2D eigenvalue weighted by atomic mass is 9.85. The summed E-state index contributed by atoms with van der Waals surface area (Å²) in [5.41, 5.74) is 3.26. The first-order valence-electron chi connectivity index (χ1n) is 9.08. The molecule has 5 heteroatoms. The third-order valence-electron chi connectivity index (χ3n) is 4.96. The van der Waals surface area contributed by atoms with E-state index in [1.165, 1.54) is 0 Å². The molecule has 4 aromatic rings. The lowest BCUT2D eigenvalue weighted by molar-refractivity contribution is 0.0611. The summed E-state index contributed by atoms with van der Waals surface area (Å²) in [6.45, 7) is 0.306. The van der Waals surface area contributed by atoms with Gasteiger partial charge < -0.3 is 14.8 Å². The standard InChI is InChI=1S/C23H21N3O2/c27-15-18-1-5-21(6-2-18)23(28,16-26-14-13-25-17-26)22-7-3-19(4-8-22)20-9-11-24-12-10-20/h1-14,17,27-28H,15-16H2. The number of aliphatic hydroxyl groups is 2. The maximum Gasteiger partial charge on any atom is 0.132 e. The van der Waals surface area contributed by atoms with Gasteiger partial charge in [-0.25, -0.2) is 4.98 Å². The predicted octanol–water partition coefficient (Wildman–Crippen LogP) is 3.37. The van der Waals surface area contributed by atoms with Crippen molar-refractivity contribution in [3.8, 4) is 11.1 Å². The third-order valence-corrected chi connectivity index (χ3v) is 4.96. The highest BCUT2D eigenvalue weighted by atomic mass is 16.3. The second-order valence-electron chi connectivity index (χ2n) is 6.76. The molecule has 28 heavy (non-hydrogen) atoms. The van der Waals surface area contributed by atoms with E-state index in [2.05, 4.69) is 9.97 Å². The van der Waals surface area contributed by atoms with Gasteiger partial charge in [0, 0.05) is 24.8 Å². The van der Waals surface area contributed by atoms with Gasteiger partial charge in [-0.15, -0.1) is 0 Å². The van der Waals surface area contributed by atoms with Crippen molar-refractivity contribution in [3.63, 3.8) is 0 Å². The third kappa shape index (κ3) is 3.58. The van der Waals surface area contributed by atoms with Crippen molar-refractivity contribution in [1.29, 1.82) is 0 Å². The summed E-state index contributed by atoms with van der Waals surface area (Å²) in [4.78, 5) is 8.14. The molecule has 2 N–H and O–H groups in total. The number of aliphatic hydroxyl groups excluding tert-OH is 1. The van der Waals surface area contributed by atoms with Gasteiger partial charge >= 0.3 is 0 Å². The van der Waals surface area contributed by atoms with Crippen LogP contribution in [0.25, 0.3) is 11.1 Å². The van der Waals surface area contributed by atoms with Crippen molar-refractivity contribution >= 4 is 0 Å². The Hall–Kier alpha value is -3.28. The van der Waals surface area contributed by atoms with Gasteiger partial charge in [0.25, 0.3) is 0 Å². The van der Waals surface area contributed by atoms with Gasteiger partial charge in [-0.05, 0) is 39.9 Å². The quantitative estimate of drug-likeness (QED) is 0.545. The Morgan fingerprint density at radius 3 is 1.93 bits per heavy atom. The Bertz CT molecular complexity index is 1010. The zero-order chi connectivity index (χ0) is 19.4. The molecule has 0 fully saturated rings. The predicted molar refractivity (Wildman–Crippen MR) is 107 cm³/mol. The van der Waals surface area contributed by atoms with Gasteiger partial charge in [-0.1, -0.05) is 48.5 Å². The summed E-state index contributed by atoms with van der Waals surface area (Å²) in [5, 5.41) is 21.0. The van der Waals surface area contributed by atoms with E-state index >= 15 is 0 Å². The molecule has 0 aliphatic heterocycles. The molecule has 5 nitrogen and oxygen atoms in total. The Kier molecular flexibility index (Phi) is 5.02. The molecule has 140 valence electrons. The molecule has 2 heterocycles. The van der Waals surface area contributed by atoms with Crippen molar-refractivity contribution in [3.05, 3.63) is 108 Å². The van der Waals surface area contributed by atoms with E-state index in [-0.39, 0.29) is 6.61 Å². The second-order valence-corrected chi connectivity index (χ2v) is 6.76. The molecule has 0 aliphatic rings. The van der Waals surface area contributed by atoms with E-state index in [0.29, 0.717) is 6.54 Å². The molecule has 0 radical (unpaired) electrons. The van der Waals surface area contributed by atoms with Gasteiger partial charge in [0.2, 0.25) is 0 Å². The van der Waals surface area contributed by atoms with Crippen LogP contribution in [0.2, 0.25) is 0 Å². The largest absolute Gasteiger partial charge is 0.392 e. The highest BCUT2D eigenvalue weighted by Gasteiger charge is 2.32. The summed E-state index contributed by atoms with van der Waals surface area (Å²) in [6.07, 6.45) is 8.75. The number of aromatic nitrogens is 3. The normalized spacial score (nSPS) is 13.2. The van der Waals surface area contributed by atoms with Crippen LogP contribution >= 0.6 is 0 Å². The highest BCUT2D eigenvalue weighted by molar-refractivity contribution is 5.63. The second kappa shape index (κ2) is 7.76. The van der Waals surface area contributed by atoms with Gasteiger partial charge in [0.1, 0.15) is 5.60 Å². The van der Waals surface area contributed by atoms with Crippen molar-refractivity contribution in [1.82, 2.24) is 14.5 Å². The van der Waals surface area contributed by atoms with Crippen LogP contribution in [-0.4, -0.2) is 24.7 Å². The van der Waals surface area contributed by atoms with Crippen LogP contribution in [0.1, 0.15) is 16.7 Å². The van der Waals surface area contributed by atoms with Crippen LogP contribution < -0.4 is 0 Å². The first-order chi connectivity index (χ1) is 13.7. The summed E-state index contributed by atoms with van der Waals surface area (Å²) in [5.74, 6) is 0. The summed E-state index contributed by atoms with van der Waals surface area (Å²) in [7, 11) is 0. The lowest BCUT2D eigenvalue weighted by Gasteiger charge is -2.30. The fourth-order valence-corrected chi connectivity index (χ4v) is 3.36. The van der Waals surface area contributed by atoms with Crippen LogP contribution in [0.4, 0.5) is 0 Å². The van der Waals surface area contributed by atoms with Gasteiger partial charge in [0.15, 0.2) is 0 Å². The minimum Gasteiger partial charge on any atom is -0.392 e. The average Bonchev–Trinajstić information content (AvgIpc) is 3.27. The van der Waals surface area contributed by atoms with E-state index in [1.54, 1.807) is 24.9 Å². The van der Waals surface area contributed by atoms with Crippen molar-refractivity contribution in [2.75, 3.05) is 0 Å². The van der Waals surface area contributed by atoms with Crippen LogP contribution in [0, 0.1) is 0 Å². The number of benzene rings is 2. The first kappa shape index (κ1) is 18.1. The zero-order valence-corrected chi connectivity index (χ0v) is 15.3. The Balaban J connectivity index is 1.74. The smallest absolute Gasteiger partial charge is 0.132 e. The molecular weight excluding hydrogens is 350 g/mol. The maximum absolute atomic E-state index is 11.7. The molecule has 1 atom stereocenters. The summed E-state index contributed by atoms with van der Waals surface area (Å²) in [6, 6.07) is 19.2. The number of pyridine rings is 1. The fraction of sp³-hybridized carbons (Fsp3) is 0.130. The van der Waals surface area contributed by atoms with E-state index in [1.807, 2.05) is 71.4 Å². The van der Waals surface area contributed by atoms with E-state index in [0.717, 1.165) is 27.8 Å². The van der Waals surface area contributed by atoms with E-state index < -0.39 is 5.60 Å². The van der Waals surface area contributed by atoms with Gasteiger partial charge in [-0.3, -0.25) is 4.98 Å². The number of rotatable bonds is 6. The maximum atomic E-state index is 11.7. The Labute approximate surface area is 163 Å². The average molecular weight is 371 g/mol. The Morgan fingerprint density at radius 2 is 1.36 bits per heavy atom. The SMILES string of the molecule is OCc1ccc(C(O)(Cn2ccnc2)c2ccc(-c3ccncc3)cc2)cc1. The fourth-order valence-electron chi connectivity index (χ4n) is 3.36. The van der Waals surface area contributed by atoms with Crippen molar-refractivity contribution < 1.29 is 10.2 Å². The van der Waals surface area contributed by atoms with Crippen LogP contribution in [-0.2, 0) is 18.8 Å². The molecule has 0 saturated carbocycles. The van der Waals surface area contributed by atoms with Crippen LogP contribution in [0.15, 0.2) is 91.8 Å². The topological polar surface area (TPSA) is 71.2 Å².